The minimum Gasteiger partial charge on any atom is -0.382 e. The van der Waals surface area contributed by atoms with E-state index in [-0.39, 0.29) is 0 Å². The van der Waals surface area contributed by atoms with Gasteiger partial charge in [-0.3, -0.25) is 4.98 Å². The highest BCUT2D eigenvalue weighted by Crippen LogP contribution is 2.29. The van der Waals surface area contributed by atoms with Crippen molar-refractivity contribution in [1.82, 2.24) is 15.0 Å². The number of aliphatic hydroxyl groups is 1. The molecule has 2 heterocycles. The summed E-state index contributed by atoms with van der Waals surface area (Å²) < 4.78 is 13.6. The smallest absolute Gasteiger partial charge is 0.160 e. The van der Waals surface area contributed by atoms with Crippen LogP contribution < -0.4 is 0 Å². The second kappa shape index (κ2) is 6.37. The molecule has 122 valence electrons. The average molecular weight is 331 g/mol. The fourth-order valence-corrected chi connectivity index (χ4v) is 2.77. The molecule has 0 amide bonds. The number of hydrogen-bond donors (Lipinski definition) is 1. The summed E-state index contributed by atoms with van der Waals surface area (Å²) in [7, 11) is 0. The summed E-state index contributed by atoms with van der Waals surface area (Å²) in [5.74, 6) is 0.0934. The molecule has 4 aromatic rings. The maximum atomic E-state index is 13.6. The molecule has 0 aliphatic heterocycles. The molecule has 0 saturated heterocycles. The van der Waals surface area contributed by atoms with Gasteiger partial charge in [-0.15, -0.1) is 0 Å². The highest BCUT2D eigenvalue weighted by atomic mass is 19.1. The Morgan fingerprint density at radius 2 is 1.68 bits per heavy atom. The van der Waals surface area contributed by atoms with E-state index in [0.29, 0.717) is 17.1 Å². The molecule has 0 saturated carbocycles. The lowest BCUT2D eigenvalue weighted by atomic mass is 10.0. The lowest BCUT2D eigenvalue weighted by Crippen LogP contribution is -2.06. The van der Waals surface area contributed by atoms with Crippen molar-refractivity contribution in [3.05, 3.63) is 90.1 Å². The molecule has 4 rings (SSSR count). The van der Waals surface area contributed by atoms with Gasteiger partial charge >= 0.3 is 0 Å². The van der Waals surface area contributed by atoms with Crippen LogP contribution in [-0.2, 0) is 0 Å². The SMILES string of the molecule is OC(c1cccc(F)c1)c1nc(-c2ccncc2)nc2ccccc12. The van der Waals surface area contributed by atoms with E-state index in [1.165, 1.54) is 12.1 Å². The molecule has 0 aliphatic rings. The van der Waals surface area contributed by atoms with Gasteiger partial charge in [0.1, 0.15) is 11.9 Å². The fraction of sp³-hybridized carbons (Fsp3) is 0.0500. The van der Waals surface area contributed by atoms with E-state index < -0.39 is 11.9 Å². The van der Waals surface area contributed by atoms with Gasteiger partial charge in [0.05, 0.1) is 11.2 Å². The van der Waals surface area contributed by atoms with E-state index in [0.717, 1.165) is 16.5 Å². The van der Waals surface area contributed by atoms with Crippen LogP contribution >= 0.6 is 0 Å². The monoisotopic (exact) mass is 331 g/mol. The highest BCUT2D eigenvalue weighted by Gasteiger charge is 2.18. The summed E-state index contributed by atoms with van der Waals surface area (Å²) in [5, 5.41) is 11.5. The Hall–Kier alpha value is -3.18. The minimum absolute atomic E-state index is 0.399. The number of aliphatic hydroxyl groups excluding tert-OH is 1. The Morgan fingerprint density at radius 1 is 0.880 bits per heavy atom. The quantitative estimate of drug-likeness (QED) is 0.618. The van der Waals surface area contributed by atoms with Crippen LogP contribution in [0.4, 0.5) is 4.39 Å². The molecule has 0 radical (unpaired) electrons. The number of halogens is 1. The molecule has 0 spiro atoms. The van der Waals surface area contributed by atoms with Gasteiger partial charge in [0.15, 0.2) is 5.82 Å². The van der Waals surface area contributed by atoms with Crippen molar-refractivity contribution < 1.29 is 9.50 Å². The van der Waals surface area contributed by atoms with E-state index in [1.807, 2.05) is 36.4 Å². The maximum absolute atomic E-state index is 13.6. The first-order valence-electron chi connectivity index (χ1n) is 7.83. The van der Waals surface area contributed by atoms with Crippen LogP contribution in [0.25, 0.3) is 22.3 Å². The third kappa shape index (κ3) is 2.97. The number of rotatable bonds is 3. The van der Waals surface area contributed by atoms with Gasteiger partial charge in [0.25, 0.3) is 0 Å². The first-order chi connectivity index (χ1) is 12.2. The second-order valence-corrected chi connectivity index (χ2v) is 5.64. The molecular formula is C20H14FN3O. The highest BCUT2D eigenvalue weighted by molar-refractivity contribution is 5.83. The summed E-state index contributed by atoms with van der Waals surface area (Å²) in [6.07, 6.45) is 2.27. The zero-order valence-electron chi connectivity index (χ0n) is 13.2. The molecule has 0 fully saturated rings. The van der Waals surface area contributed by atoms with Crippen LogP contribution in [0.5, 0.6) is 0 Å². The molecule has 4 nitrogen and oxygen atoms in total. The topological polar surface area (TPSA) is 58.9 Å². The number of para-hydroxylation sites is 1. The molecule has 0 bridgehead atoms. The van der Waals surface area contributed by atoms with Crippen molar-refractivity contribution in [3.63, 3.8) is 0 Å². The van der Waals surface area contributed by atoms with E-state index >= 15 is 0 Å². The number of pyridine rings is 1. The Morgan fingerprint density at radius 3 is 2.48 bits per heavy atom. The van der Waals surface area contributed by atoms with E-state index in [9.17, 15) is 9.50 Å². The Kier molecular flexibility index (Phi) is 3.91. The van der Waals surface area contributed by atoms with Gasteiger partial charge in [-0.2, -0.15) is 0 Å². The van der Waals surface area contributed by atoms with Gasteiger partial charge in [0.2, 0.25) is 0 Å². The first-order valence-corrected chi connectivity index (χ1v) is 7.83. The van der Waals surface area contributed by atoms with Crippen LogP contribution in [0, 0.1) is 5.82 Å². The number of nitrogens with zero attached hydrogens (tertiary/aromatic N) is 3. The van der Waals surface area contributed by atoms with Crippen LogP contribution in [-0.4, -0.2) is 20.1 Å². The number of fused-ring (bicyclic) bond motifs is 1. The zero-order valence-corrected chi connectivity index (χ0v) is 13.2. The second-order valence-electron chi connectivity index (χ2n) is 5.64. The minimum atomic E-state index is -1.05. The van der Waals surface area contributed by atoms with Crippen molar-refractivity contribution >= 4 is 10.9 Å². The standard InChI is InChI=1S/C20H14FN3O/c21-15-5-3-4-14(12-15)19(25)18-16-6-1-2-7-17(16)23-20(24-18)13-8-10-22-11-9-13/h1-12,19,25H. The number of hydrogen-bond acceptors (Lipinski definition) is 4. The normalized spacial score (nSPS) is 12.2. The van der Waals surface area contributed by atoms with Crippen LogP contribution in [0.2, 0.25) is 0 Å². The zero-order chi connectivity index (χ0) is 17.2. The van der Waals surface area contributed by atoms with Gasteiger partial charge in [0, 0.05) is 23.3 Å². The first kappa shape index (κ1) is 15.4. The summed E-state index contributed by atoms with van der Waals surface area (Å²) >= 11 is 0. The Balaban J connectivity index is 1.92. The summed E-state index contributed by atoms with van der Waals surface area (Å²) in [5.41, 5.74) is 2.41. The molecule has 5 heteroatoms. The summed E-state index contributed by atoms with van der Waals surface area (Å²) in [4.78, 5) is 13.1. The van der Waals surface area contributed by atoms with E-state index in [4.69, 9.17) is 0 Å². The van der Waals surface area contributed by atoms with Crippen molar-refractivity contribution in [2.24, 2.45) is 0 Å². The number of benzene rings is 2. The van der Waals surface area contributed by atoms with Crippen LogP contribution in [0.15, 0.2) is 73.1 Å². The molecular weight excluding hydrogens is 317 g/mol. The van der Waals surface area contributed by atoms with Crippen LogP contribution in [0.3, 0.4) is 0 Å². The average Bonchev–Trinajstić information content (AvgIpc) is 2.67. The lowest BCUT2D eigenvalue weighted by Gasteiger charge is -2.14. The van der Waals surface area contributed by atoms with Crippen LogP contribution in [0.1, 0.15) is 17.4 Å². The van der Waals surface area contributed by atoms with E-state index in [2.05, 4.69) is 15.0 Å². The van der Waals surface area contributed by atoms with Gasteiger partial charge in [-0.25, -0.2) is 14.4 Å². The molecule has 1 unspecified atom stereocenters. The molecule has 2 aromatic carbocycles. The molecule has 0 aliphatic carbocycles. The molecule has 2 aromatic heterocycles. The van der Waals surface area contributed by atoms with Crippen molar-refractivity contribution in [1.29, 1.82) is 0 Å². The molecule has 1 N–H and O–H groups in total. The molecule has 1 atom stereocenters. The fourth-order valence-electron chi connectivity index (χ4n) is 2.77. The maximum Gasteiger partial charge on any atom is 0.160 e. The van der Waals surface area contributed by atoms with Gasteiger partial charge < -0.3 is 5.11 Å². The summed E-state index contributed by atoms with van der Waals surface area (Å²) in [6, 6.07) is 17.0. The van der Waals surface area contributed by atoms with Gasteiger partial charge in [-0.05, 0) is 35.9 Å². The number of aromatic nitrogens is 3. The third-order valence-corrected chi connectivity index (χ3v) is 3.99. The Bertz CT molecular complexity index is 1040. The Labute approximate surface area is 143 Å². The predicted molar refractivity (Wildman–Crippen MR) is 93.2 cm³/mol. The largest absolute Gasteiger partial charge is 0.382 e. The molecule has 25 heavy (non-hydrogen) atoms. The third-order valence-electron chi connectivity index (χ3n) is 3.99. The predicted octanol–water partition coefficient (Wildman–Crippen LogP) is 3.91. The van der Waals surface area contributed by atoms with Crippen molar-refractivity contribution in [2.45, 2.75) is 6.10 Å². The van der Waals surface area contributed by atoms with Crippen molar-refractivity contribution in [2.75, 3.05) is 0 Å². The summed E-state index contributed by atoms with van der Waals surface area (Å²) in [6.45, 7) is 0. The van der Waals surface area contributed by atoms with Gasteiger partial charge in [-0.1, -0.05) is 30.3 Å². The van der Waals surface area contributed by atoms with E-state index in [1.54, 1.807) is 24.5 Å². The van der Waals surface area contributed by atoms with Crippen molar-refractivity contribution in [3.8, 4) is 11.4 Å². The lowest BCUT2D eigenvalue weighted by molar-refractivity contribution is 0.216.